The van der Waals surface area contributed by atoms with Crippen molar-refractivity contribution in [2.75, 3.05) is 13.1 Å². The molecule has 2 unspecified atom stereocenters. The zero-order chi connectivity index (χ0) is 15.9. The maximum absolute atomic E-state index is 13.9. The number of likely N-dealkylation sites (tertiary alicyclic amines) is 1. The van der Waals surface area contributed by atoms with E-state index in [0.717, 1.165) is 12.1 Å². The Balaban J connectivity index is 2.43. The highest BCUT2D eigenvalue weighted by molar-refractivity contribution is 7.89. The van der Waals surface area contributed by atoms with Crippen molar-refractivity contribution < 1.29 is 17.6 Å². The van der Waals surface area contributed by atoms with Crippen LogP contribution in [-0.2, 0) is 10.0 Å². The van der Waals surface area contributed by atoms with E-state index in [0.29, 0.717) is 24.9 Å². The van der Waals surface area contributed by atoms with Crippen LogP contribution in [0.3, 0.4) is 0 Å². The molecule has 8 heteroatoms. The van der Waals surface area contributed by atoms with Crippen molar-refractivity contribution >= 4 is 27.5 Å². The Kier molecular flexibility index (Phi) is 4.28. The highest BCUT2D eigenvalue weighted by Crippen LogP contribution is 2.28. The summed E-state index contributed by atoms with van der Waals surface area (Å²) in [6, 6.07) is 1.71. The molecule has 0 saturated carbocycles. The molecule has 0 aromatic heterocycles. The van der Waals surface area contributed by atoms with Crippen LogP contribution in [0.1, 0.15) is 24.2 Å². The van der Waals surface area contributed by atoms with Crippen LogP contribution in [0.4, 0.5) is 4.39 Å². The zero-order valence-corrected chi connectivity index (χ0v) is 13.2. The molecule has 116 valence electrons. The van der Waals surface area contributed by atoms with Gasteiger partial charge in [0.05, 0.1) is 10.6 Å². The summed E-state index contributed by atoms with van der Waals surface area (Å²) in [6.07, 6.45) is 0. The molecule has 1 aromatic carbocycles. The van der Waals surface area contributed by atoms with Crippen LogP contribution in [-0.4, -0.2) is 32.3 Å². The Bertz CT molecular complexity index is 683. The molecule has 1 heterocycles. The van der Waals surface area contributed by atoms with Crippen molar-refractivity contribution in [3.8, 4) is 0 Å². The predicted molar refractivity (Wildman–Crippen MR) is 77.0 cm³/mol. The third-order valence-corrected chi connectivity index (χ3v) is 5.21. The number of carbonyl (C=O) groups excluding carboxylic acids is 1. The van der Waals surface area contributed by atoms with E-state index in [1.807, 2.05) is 13.8 Å². The number of rotatable bonds is 2. The maximum Gasteiger partial charge on any atom is 0.256 e. The van der Waals surface area contributed by atoms with Gasteiger partial charge in [0.15, 0.2) is 0 Å². The van der Waals surface area contributed by atoms with Crippen LogP contribution in [0.2, 0.25) is 5.02 Å². The normalized spacial score (nSPS) is 22.6. The summed E-state index contributed by atoms with van der Waals surface area (Å²) >= 11 is 5.67. The number of benzene rings is 1. The second kappa shape index (κ2) is 5.55. The third kappa shape index (κ3) is 3.20. The molecule has 5 nitrogen and oxygen atoms in total. The standard InChI is InChI=1S/C13H16ClFN2O3S/c1-7-5-17(6-8(7)2)13(18)9-3-12(21(16,19)20)10(14)4-11(9)15/h3-4,7-8H,5-6H2,1-2H3,(H2,16,19,20). The van der Waals surface area contributed by atoms with Gasteiger partial charge < -0.3 is 4.90 Å². The lowest BCUT2D eigenvalue weighted by molar-refractivity contribution is 0.0780. The lowest BCUT2D eigenvalue weighted by Crippen LogP contribution is -2.30. The zero-order valence-electron chi connectivity index (χ0n) is 11.6. The average Bonchev–Trinajstić information content (AvgIpc) is 2.67. The van der Waals surface area contributed by atoms with Crippen LogP contribution < -0.4 is 5.14 Å². The molecule has 1 aliphatic heterocycles. The predicted octanol–water partition coefficient (Wildman–Crippen LogP) is 1.85. The first-order valence-corrected chi connectivity index (χ1v) is 8.34. The molecule has 0 aliphatic carbocycles. The van der Waals surface area contributed by atoms with Crippen molar-refractivity contribution in [1.29, 1.82) is 0 Å². The SMILES string of the molecule is CC1CN(C(=O)c2cc(S(N)(=O)=O)c(Cl)cc2F)CC1C. The average molecular weight is 335 g/mol. The Morgan fingerprint density at radius 3 is 2.33 bits per heavy atom. The summed E-state index contributed by atoms with van der Waals surface area (Å²) in [6.45, 7) is 5.03. The van der Waals surface area contributed by atoms with E-state index in [1.165, 1.54) is 4.90 Å². The topological polar surface area (TPSA) is 80.5 Å². The Morgan fingerprint density at radius 2 is 1.86 bits per heavy atom. The van der Waals surface area contributed by atoms with E-state index in [-0.39, 0.29) is 10.6 Å². The first kappa shape index (κ1) is 16.2. The van der Waals surface area contributed by atoms with E-state index in [9.17, 15) is 17.6 Å². The lowest BCUT2D eigenvalue weighted by Gasteiger charge is -2.17. The van der Waals surface area contributed by atoms with Gasteiger partial charge in [-0.3, -0.25) is 4.79 Å². The fraction of sp³-hybridized carbons (Fsp3) is 0.462. The highest BCUT2D eigenvalue weighted by Gasteiger charge is 2.32. The molecule has 1 aromatic rings. The first-order chi connectivity index (χ1) is 9.61. The van der Waals surface area contributed by atoms with Gasteiger partial charge in [-0.2, -0.15) is 0 Å². The van der Waals surface area contributed by atoms with Gasteiger partial charge in [0, 0.05) is 13.1 Å². The van der Waals surface area contributed by atoms with Crippen LogP contribution in [0.25, 0.3) is 0 Å². The van der Waals surface area contributed by atoms with E-state index in [2.05, 4.69) is 0 Å². The summed E-state index contributed by atoms with van der Waals surface area (Å²) in [4.78, 5) is 13.4. The number of hydrogen-bond acceptors (Lipinski definition) is 3. The monoisotopic (exact) mass is 334 g/mol. The molecule has 0 radical (unpaired) electrons. The van der Waals surface area contributed by atoms with Gasteiger partial charge in [0.2, 0.25) is 10.0 Å². The molecule has 1 aliphatic rings. The number of primary sulfonamides is 1. The summed E-state index contributed by atoms with van der Waals surface area (Å²) in [5.41, 5.74) is -0.329. The van der Waals surface area contributed by atoms with Gasteiger partial charge in [-0.25, -0.2) is 17.9 Å². The minimum atomic E-state index is -4.12. The van der Waals surface area contributed by atoms with Gasteiger partial charge in [-0.05, 0) is 24.0 Å². The number of carbonyl (C=O) groups is 1. The number of halogens is 2. The minimum absolute atomic E-state index is 0.307. The lowest BCUT2D eigenvalue weighted by atomic mass is 10.0. The molecule has 2 atom stereocenters. The van der Waals surface area contributed by atoms with Crippen molar-refractivity contribution in [2.24, 2.45) is 17.0 Å². The molecule has 1 fully saturated rings. The molecular formula is C13H16ClFN2O3S. The summed E-state index contributed by atoms with van der Waals surface area (Å²) in [7, 11) is -4.12. The van der Waals surface area contributed by atoms with E-state index in [4.69, 9.17) is 16.7 Å². The number of sulfonamides is 1. The van der Waals surface area contributed by atoms with Gasteiger partial charge in [0.1, 0.15) is 10.7 Å². The van der Waals surface area contributed by atoms with Crippen LogP contribution in [0.5, 0.6) is 0 Å². The largest absolute Gasteiger partial charge is 0.338 e. The van der Waals surface area contributed by atoms with Crippen molar-refractivity contribution in [2.45, 2.75) is 18.7 Å². The van der Waals surface area contributed by atoms with Crippen LogP contribution in [0, 0.1) is 17.7 Å². The molecule has 0 spiro atoms. The second-order valence-corrected chi connectivity index (χ2v) is 7.41. The number of nitrogens with two attached hydrogens (primary N) is 1. The summed E-state index contributed by atoms with van der Waals surface area (Å²) in [5.74, 6) is -0.793. The Labute approximate surface area is 127 Å². The van der Waals surface area contributed by atoms with Crippen molar-refractivity contribution in [3.05, 3.63) is 28.5 Å². The molecule has 1 saturated heterocycles. The molecule has 1 amide bonds. The third-order valence-electron chi connectivity index (χ3n) is 3.83. The van der Waals surface area contributed by atoms with Gasteiger partial charge >= 0.3 is 0 Å². The summed E-state index contributed by atoms with van der Waals surface area (Å²) in [5, 5.41) is 4.68. The van der Waals surface area contributed by atoms with Crippen LogP contribution >= 0.6 is 11.6 Å². The number of nitrogens with zero attached hydrogens (tertiary/aromatic N) is 1. The highest BCUT2D eigenvalue weighted by atomic mass is 35.5. The Hall–Kier alpha value is -1.18. The number of hydrogen-bond donors (Lipinski definition) is 1. The molecule has 21 heavy (non-hydrogen) atoms. The van der Waals surface area contributed by atoms with Crippen molar-refractivity contribution in [1.82, 2.24) is 4.90 Å². The molecule has 2 N–H and O–H groups in total. The molecular weight excluding hydrogens is 319 g/mol. The molecule has 0 bridgehead atoms. The van der Waals surface area contributed by atoms with Gasteiger partial charge in [-0.1, -0.05) is 25.4 Å². The van der Waals surface area contributed by atoms with Gasteiger partial charge in [0.25, 0.3) is 5.91 Å². The van der Waals surface area contributed by atoms with Crippen molar-refractivity contribution in [3.63, 3.8) is 0 Å². The molecule has 2 rings (SSSR count). The quantitative estimate of drug-likeness (QED) is 0.896. The maximum atomic E-state index is 13.9. The fourth-order valence-electron chi connectivity index (χ4n) is 2.38. The second-order valence-electron chi connectivity index (χ2n) is 5.47. The summed E-state index contributed by atoms with van der Waals surface area (Å²) < 4.78 is 36.8. The minimum Gasteiger partial charge on any atom is -0.338 e. The fourth-order valence-corrected chi connectivity index (χ4v) is 3.46. The van der Waals surface area contributed by atoms with E-state index >= 15 is 0 Å². The first-order valence-electron chi connectivity index (χ1n) is 6.42. The van der Waals surface area contributed by atoms with Gasteiger partial charge in [-0.15, -0.1) is 0 Å². The Morgan fingerprint density at radius 1 is 1.33 bits per heavy atom. The number of amides is 1. The van der Waals surface area contributed by atoms with E-state index < -0.39 is 26.6 Å². The van der Waals surface area contributed by atoms with Crippen LogP contribution in [0.15, 0.2) is 17.0 Å². The van der Waals surface area contributed by atoms with E-state index in [1.54, 1.807) is 0 Å². The smallest absolute Gasteiger partial charge is 0.256 e.